The van der Waals surface area contributed by atoms with Crippen LogP contribution in [0.25, 0.3) is 0 Å². The van der Waals surface area contributed by atoms with Crippen LogP contribution in [0.15, 0.2) is 65.6 Å². The fraction of sp³-hybridized carbons (Fsp3) is 0.273. The summed E-state index contributed by atoms with van der Waals surface area (Å²) in [4.78, 5) is 14.0. The molecule has 0 spiro atoms. The van der Waals surface area contributed by atoms with E-state index >= 15 is 0 Å². The average Bonchev–Trinajstić information content (AvgIpc) is 3.29. The summed E-state index contributed by atoms with van der Waals surface area (Å²) < 4.78 is 40.8. The highest BCUT2D eigenvalue weighted by molar-refractivity contribution is 7.89. The number of hydrogen-bond acceptors (Lipinski definition) is 4. The van der Waals surface area contributed by atoms with E-state index in [1.807, 2.05) is 30.3 Å². The molecule has 2 aromatic carbocycles. The summed E-state index contributed by atoms with van der Waals surface area (Å²) in [5.74, 6) is -0.930. The molecule has 1 N–H and O–H groups in total. The number of piperidine rings is 1. The van der Waals surface area contributed by atoms with E-state index in [-0.39, 0.29) is 29.8 Å². The molecule has 0 atom stereocenters. The van der Waals surface area contributed by atoms with Gasteiger partial charge in [-0.05, 0) is 43.2 Å². The largest absolute Gasteiger partial charge is 0.310 e. The number of sulfonamides is 1. The number of anilines is 1. The molecule has 1 aliphatic heterocycles. The SMILES string of the molecule is CN(C(=O)c1cc(C2CCN(S(=O)(=O)c3ccccc3F)CC2)[nH]n1)c1ccccc1. The van der Waals surface area contributed by atoms with Crippen LogP contribution in [-0.4, -0.2) is 49.0 Å². The van der Waals surface area contributed by atoms with Crippen LogP contribution in [0.3, 0.4) is 0 Å². The summed E-state index contributed by atoms with van der Waals surface area (Å²) >= 11 is 0. The van der Waals surface area contributed by atoms with Gasteiger partial charge in [-0.1, -0.05) is 30.3 Å². The Labute approximate surface area is 180 Å². The summed E-state index contributed by atoms with van der Waals surface area (Å²) in [6.07, 6.45) is 1.11. The van der Waals surface area contributed by atoms with Gasteiger partial charge in [-0.2, -0.15) is 9.40 Å². The Morgan fingerprint density at radius 2 is 1.74 bits per heavy atom. The molecule has 4 rings (SSSR count). The van der Waals surface area contributed by atoms with Gasteiger partial charge in [0.2, 0.25) is 10.0 Å². The van der Waals surface area contributed by atoms with Crippen LogP contribution in [-0.2, 0) is 10.0 Å². The van der Waals surface area contributed by atoms with E-state index < -0.39 is 15.8 Å². The molecule has 1 aromatic heterocycles. The van der Waals surface area contributed by atoms with Crippen LogP contribution < -0.4 is 4.90 Å². The minimum Gasteiger partial charge on any atom is -0.310 e. The Morgan fingerprint density at radius 3 is 2.42 bits per heavy atom. The number of benzene rings is 2. The lowest BCUT2D eigenvalue weighted by atomic mass is 9.94. The van der Waals surface area contributed by atoms with Gasteiger partial charge in [-0.3, -0.25) is 9.89 Å². The van der Waals surface area contributed by atoms with Crippen molar-refractivity contribution < 1.29 is 17.6 Å². The molecule has 1 saturated heterocycles. The number of aromatic amines is 1. The quantitative estimate of drug-likeness (QED) is 0.656. The molecule has 162 valence electrons. The Kier molecular flexibility index (Phi) is 5.88. The minimum atomic E-state index is -3.88. The molecular weight excluding hydrogens is 419 g/mol. The fourth-order valence-corrected chi connectivity index (χ4v) is 5.33. The first-order valence-corrected chi connectivity index (χ1v) is 11.4. The van der Waals surface area contributed by atoms with Crippen LogP contribution in [0.2, 0.25) is 0 Å². The number of hydrogen-bond donors (Lipinski definition) is 1. The van der Waals surface area contributed by atoms with Crippen molar-refractivity contribution in [2.75, 3.05) is 25.0 Å². The number of aromatic nitrogens is 2. The van der Waals surface area contributed by atoms with Gasteiger partial charge in [0.1, 0.15) is 10.7 Å². The standard InChI is InChI=1S/C22H23FN4O3S/c1-26(17-7-3-2-4-8-17)22(28)20-15-19(24-25-20)16-11-13-27(14-12-16)31(29,30)21-10-6-5-9-18(21)23/h2-10,15-16H,11-14H2,1H3,(H,24,25). The van der Waals surface area contributed by atoms with Crippen LogP contribution >= 0.6 is 0 Å². The van der Waals surface area contributed by atoms with Gasteiger partial charge in [0, 0.05) is 37.4 Å². The Balaban J connectivity index is 1.43. The number of amides is 1. The minimum absolute atomic E-state index is 0.0446. The molecule has 1 fully saturated rings. The number of carbonyl (C=O) groups excluding carboxylic acids is 1. The third kappa shape index (κ3) is 4.24. The van der Waals surface area contributed by atoms with Gasteiger partial charge in [0.15, 0.2) is 5.69 Å². The molecule has 1 amide bonds. The van der Waals surface area contributed by atoms with E-state index in [1.165, 1.54) is 27.4 Å². The Morgan fingerprint density at radius 1 is 1.10 bits per heavy atom. The van der Waals surface area contributed by atoms with Crippen molar-refractivity contribution in [1.82, 2.24) is 14.5 Å². The Bertz CT molecular complexity index is 1170. The molecule has 0 radical (unpaired) electrons. The van der Waals surface area contributed by atoms with Crippen LogP contribution in [0.1, 0.15) is 34.9 Å². The number of para-hydroxylation sites is 1. The zero-order valence-electron chi connectivity index (χ0n) is 17.0. The maximum absolute atomic E-state index is 14.0. The predicted molar refractivity (Wildman–Crippen MR) is 115 cm³/mol. The first-order valence-electron chi connectivity index (χ1n) is 10.0. The van der Waals surface area contributed by atoms with Gasteiger partial charge < -0.3 is 4.90 Å². The van der Waals surface area contributed by atoms with Crippen molar-refractivity contribution in [3.8, 4) is 0 Å². The average molecular weight is 443 g/mol. The maximum atomic E-state index is 14.0. The molecule has 7 nitrogen and oxygen atoms in total. The zero-order valence-corrected chi connectivity index (χ0v) is 17.8. The number of nitrogens with one attached hydrogen (secondary N) is 1. The summed E-state index contributed by atoms with van der Waals surface area (Å²) in [6, 6.07) is 16.4. The Hall–Kier alpha value is -3.04. The van der Waals surface area contributed by atoms with Gasteiger partial charge >= 0.3 is 0 Å². The molecule has 0 aliphatic carbocycles. The third-order valence-corrected chi connectivity index (χ3v) is 7.55. The first-order chi connectivity index (χ1) is 14.9. The molecular formula is C22H23FN4O3S. The van der Waals surface area contributed by atoms with Crippen LogP contribution in [0.4, 0.5) is 10.1 Å². The van der Waals surface area contributed by atoms with Crippen LogP contribution in [0.5, 0.6) is 0 Å². The monoisotopic (exact) mass is 442 g/mol. The van der Waals surface area contributed by atoms with Gasteiger partial charge in [-0.25, -0.2) is 12.8 Å². The summed E-state index contributed by atoms with van der Waals surface area (Å²) in [7, 11) is -2.18. The van der Waals surface area contributed by atoms with E-state index in [0.29, 0.717) is 18.5 Å². The lowest BCUT2D eigenvalue weighted by molar-refractivity contribution is 0.0988. The lowest BCUT2D eigenvalue weighted by Gasteiger charge is -2.30. The number of H-pyrrole nitrogens is 1. The van der Waals surface area contributed by atoms with Crippen molar-refractivity contribution in [2.45, 2.75) is 23.7 Å². The van der Waals surface area contributed by atoms with Crippen molar-refractivity contribution >= 4 is 21.6 Å². The molecule has 3 aromatic rings. The zero-order chi connectivity index (χ0) is 22.0. The van der Waals surface area contributed by atoms with E-state index in [2.05, 4.69) is 10.2 Å². The highest BCUT2D eigenvalue weighted by atomic mass is 32.2. The predicted octanol–water partition coefficient (Wildman–Crippen LogP) is 3.39. The molecule has 1 aliphatic rings. The van der Waals surface area contributed by atoms with Gasteiger partial charge in [0.05, 0.1) is 0 Å². The van der Waals surface area contributed by atoms with E-state index in [0.717, 1.165) is 17.4 Å². The number of nitrogens with zero attached hydrogens (tertiary/aromatic N) is 3. The topological polar surface area (TPSA) is 86.4 Å². The third-order valence-electron chi connectivity index (χ3n) is 5.61. The van der Waals surface area contributed by atoms with Crippen molar-refractivity contribution in [2.24, 2.45) is 0 Å². The second kappa shape index (κ2) is 8.60. The molecule has 0 bridgehead atoms. The molecule has 9 heteroatoms. The second-order valence-corrected chi connectivity index (χ2v) is 9.42. The van der Waals surface area contributed by atoms with E-state index in [9.17, 15) is 17.6 Å². The smallest absolute Gasteiger partial charge is 0.278 e. The number of halogens is 1. The van der Waals surface area contributed by atoms with Gasteiger partial charge in [-0.15, -0.1) is 0 Å². The van der Waals surface area contributed by atoms with Gasteiger partial charge in [0.25, 0.3) is 5.91 Å². The van der Waals surface area contributed by atoms with Crippen LogP contribution in [0, 0.1) is 5.82 Å². The van der Waals surface area contributed by atoms with Crippen molar-refractivity contribution in [3.05, 3.63) is 77.9 Å². The van der Waals surface area contributed by atoms with E-state index in [4.69, 9.17) is 0 Å². The first kappa shape index (κ1) is 21.2. The molecule has 31 heavy (non-hydrogen) atoms. The summed E-state index contributed by atoms with van der Waals surface area (Å²) in [5, 5.41) is 7.10. The molecule has 2 heterocycles. The fourth-order valence-electron chi connectivity index (χ4n) is 3.80. The lowest BCUT2D eigenvalue weighted by Crippen LogP contribution is -2.38. The number of carbonyl (C=O) groups is 1. The molecule has 0 unspecified atom stereocenters. The highest BCUT2D eigenvalue weighted by Gasteiger charge is 2.32. The van der Waals surface area contributed by atoms with E-state index in [1.54, 1.807) is 13.1 Å². The molecule has 0 saturated carbocycles. The summed E-state index contributed by atoms with van der Waals surface area (Å²) in [6.45, 7) is 0.543. The van der Waals surface area contributed by atoms with Crippen molar-refractivity contribution in [3.63, 3.8) is 0 Å². The second-order valence-electron chi connectivity index (χ2n) is 7.52. The van der Waals surface area contributed by atoms with Crippen molar-refractivity contribution in [1.29, 1.82) is 0 Å². The summed E-state index contributed by atoms with van der Waals surface area (Å²) in [5.41, 5.74) is 1.87. The normalized spacial score (nSPS) is 15.7. The number of rotatable bonds is 5. The maximum Gasteiger partial charge on any atom is 0.278 e. The highest BCUT2D eigenvalue weighted by Crippen LogP contribution is 2.31.